The zero-order chi connectivity index (χ0) is 20.1. The van der Waals surface area contributed by atoms with Crippen LogP contribution < -0.4 is 10.3 Å². The highest BCUT2D eigenvalue weighted by Gasteiger charge is 2.44. The van der Waals surface area contributed by atoms with E-state index in [2.05, 4.69) is 9.97 Å². The third-order valence-corrected chi connectivity index (χ3v) is 4.98. The van der Waals surface area contributed by atoms with Crippen LogP contribution in [0.2, 0.25) is 0 Å². The van der Waals surface area contributed by atoms with Crippen molar-refractivity contribution in [2.24, 2.45) is 0 Å². The maximum atomic E-state index is 13.5. The summed E-state index contributed by atoms with van der Waals surface area (Å²) >= 11 is 0. The monoisotopic (exact) mass is 387 g/mol. The summed E-state index contributed by atoms with van der Waals surface area (Å²) in [6, 6.07) is 11.7. The van der Waals surface area contributed by atoms with Crippen LogP contribution in [0.1, 0.15) is 33.3 Å². The molecule has 0 bridgehead atoms. The van der Waals surface area contributed by atoms with Gasteiger partial charge in [-0.1, -0.05) is 23.8 Å². The number of aromatic nitrogens is 2. The highest BCUT2D eigenvalue weighted by molar-refractivity contribution is 6.09. The van der Waals surface area contributed by atoms with E-state index in [9.17, 15) is 14.0 Å². The Labute approximate surface area is 164 Å². The molecule has 1 amide bonds. The summed E-state index contributed by atoms with van der Waals surface area (Å²) in [5.74, 6) is -0.840. The highest BCUT2D eigenvalue weighted by atomic mass is 19.1. The topological polar surface area (TPSA) is 76.3 Å². The molecule has 0 N–H and O–H groups in total. The second kappa shape index (κ2) is 6.34. The van der Waals surface area contributed by atoms with Crippen LogP contribution in [0.3, 0.4) is 0 Å². The summed E-state index contributed by atoms with van der Waals surface area (Å²) in [4.78, 5) is 36.3. The van der Waals surface area contributed by atoms with E-state index in [1.807, 2.05) is 13.0 Å². The van der Waals surface area contributed by atoms with E-state index < -0.39 is 17.8 Å². The number of hydrogen-bond acceptors (Lipinski definition) is 5. The van der Waals surface area contributed by atoms with Gasteiger partial charge in [-0.3, -0.25) is 14.5 Å². The van der Waals surface area contributed by atoms with Gasteiger partial charge in [0.15, 0.2) is 5.43 Å². The fourth-order valence-electron chi connectivity index (χ4n) is 3.67. The fraction of sp³-hybridized carbons (Fsp3) is 0.0909. The first-order chi connectivity index (χ1) is 14.0. The van der Waals surface area contributed by atoms with Gasteiger partial charge in [0.1, 0.15) is 11.4 Å². The lowest BCUT2D eigenvalue weighted by molar-refractivity contribution is 0.0969. The molecule has 5 rings (SSSR count). The number of halogens is 1. The molecule has 1 aliphatic rings. The number of carbonyl (C=O) groups is 1. The summed E-state index contributed by atoms with van der Waals surface area (Å²) in [5, 5.41) is 0.388. The first kappa shape index (κ1) is 17.2. The molecule has 6 nitrogen and oxygen atoms in total. The molecule has 2 aromatic heterocycles. The van der Waals surface area contributed by atoms with Gasteiger partial charge in [0, 0.05) is 12.4 Å². The number of rotatable bonds is 2. The third kappa shape index (κ3) is 2.62. The van der Waals surface area contributed by atoms with E-state index in [-0.39, 0.29) is 22.7 Å². The zero-order valence-corrected chi connectivity index (χ0v) is 15.3. The summed E-state index contributed by atoms with van der Waals surface area (Å²) < 4.78 is 19.4. The van der Waals surface area contributed by atoms with Crippen molar-refractivity contribution < 1.29 is 13.6 Å². The molecule has 0 spiro atoms. The van der Waals surface area contributed by atoms with E-state index in [0.717, 1.165) is 5.56 Å². The van der Waals surface area contributed by atoms with Crippen LogP contribution in [0.15, 0.2) is 70.1 Å². The van der Waals surface area contributed by atoms with E-state index in [4.69, 9.17) is 4.42 Å². The van der Waals surface area contributed by atoms with Crippen molar-refractivity contribution in [1.29, 1.82) is 0 Å². The highest BCUT2D eigenvalue weighted by Crippen LogP contribution is 2.39. The van der Waals surface area contributed by atoms with Crippen molar-refractivity contribution in [3.05, 3.63) is 99.4 Å². The van der Waals surface area contributed by atoms with E-state index in [0.29, 0.717) is 16.5 Å². The number of amides is 1. The lowest BCUT2D eigenvalue weighted by atomic mass is 9.98. The Morgan fingerprint density at radius 2 is 1.76 bits per heavy atom. The van der Waals surface area contributed by atoms with Crippen LogP contribution in [0.5, 0.6) is 0 Å². The van der Waals surface area contributed by atoms with E-state index >= 15 is 0 Å². The number of benzene rings is 2. The van der Waals surface area contributed by atoms with Crippen LogP contribution >= 0.6 is 0 Å². The van der Waals surface area contributed by atoms with Crippen molar-refractivity contribution in [3.8, 4) is 0 Å². The van der Waals surface area contributed by atoms with Crippen molar-refractivity contribution in [3.63, 3.8) is 0 Å². The van der Waals surface area contributed by atoms with Gasteiger partial charge >= 0.3 is 0 Å². The molecule has 1 atom stereocenters. The molecule has 0 radical (unpaired) electrons. The number of carbonyl (C=O) groups excluding carboxylic acids is 1. The predicted octanol–water partition coefficient (Wildman–Crippen LogP) is 3.78. The molecular weight excluding hydrogens is 373 g/mol. The number of anilines is 1. The Bertz CT molecular complexity index is 1320. The minimum absolute atomic E-state index is 0.0480. The smallest absolute Gasteiger partial charge is 0.297 e. The average Bonchev–Trinajstić information content (AvgIpc) is 3.03. The van der Waals surface area contributed by atoms with Crippen molar-refractivity contribution >= 4 is 22.8 Å². The number of nitrogens with zero attached hydrogens (tertiary/aromatic N) is 3. The molecule has 142 valence electrons. The van der Waals surface area contributed by atoms with Gasteiger partial charge < -0.3 is 4.42 Å². The van der Waals surface area contributed by atoms with Gasteiger partial charge in [0.25, 0.3) is 5.91 Å². The van der Waals surface area contributed by atoms with Gasteiger partial charge in [-0.2, -0.15) is 0 Å². The van der Waals surface area contributed by atoms with Crippen LogP contribution in [-0.2, 0) is 0 Å². The first-order valence-corrected chi connectivity index (χ1v) is 8.98. The Balaban J connectivity index is 1.83. The fourth-order valence-corrected chi connectivity index (χ4v) is 3.67. The van der Waals surface area contributed by atoms with Gasteiger partial charge in [-0.05, 0) is 42.8 Å². The second-order valence-electron chi connectivity index (χ2n) is 6.85. The lowest BCUT2D eigenvalue weighted by Crippen LogP contribution is -2.31. The maximum Gasteiger partial charge on any atom is 0.297 e. The molecule has 3 heterocycles. The predicted molar refractivity (Wildman–Crippen MR) is 104 cm³/mol. The van der Waals surface area contributed by atoms with Crippen molar-refractivity contribution in [2.75, 3.05) is 4.90 Å². The van der Waals surface area contributed by atoms with Gasteiger partial charge in [0.2, 0.25) is 11.7 Å². The zero-order valence-electron chi connectivity index (χ0n) is 15.3. The van der Waals surface area contributed by atoms with Crippen molar-refractivity contribution in [1.82, 2.24) is 9.97 Å². The molecule has 2 aromatic carbocycles. The molecule has 0 saturated carbocycles. The summed E-state index contributed by atoms with van der Waals surface area (Å²) in [6.07, 6.45) is 3.02. The quantitative estimate of drug-likeness (QED) is 0.523. The Hall–Kier alpha value is -3.87. The van der Waals surface area contributed by atoms with Crippen molar-refractivity contribution in [2.45, 2.75) is 13.0 Å². The lowest BCUT2D eigenvalue weighted by Gasteiger charge is -2.22. The van der Waals surface area contributed by atoms with E-state index in [1.165, 1.54) is 41.6 Å². The maximum absolute atomic E-state index is 13.5. The molecule has 7 heteroatoms. The van der Waals surface area contributed by atoms with Gasteiger partial charge in [0.05, 0.1) is 17.0 Å². The van der Waals surface area contributed by atoms with Crippen LogP contribution in [0.25, 0.3) is 11.0 Å². The SMILES string of the molecule is Cc1ccc2oc3c(c(=O)c2c1)[C@H](c1ccc(F)cc1)N(c1ncccn1)C3=O. The molecule has 0 unspecified atom stereocenters. The molecule has 4 aromatic rings. The standard InChI is InChI=1S/C22H14FN3O3/c1-12-3-8-16-15(11-12)19(27)17-18(13-4-6-14(23)7-5-13)26(21(28)20(17)29-16)22-24-9-2-10-25-22/h2-11,18H,1H3/t18-/m0/s1. The second-order valence-corrected chi connectivity index (χ2v) is 6.85. The molecule has 0 aliphatic carbocycles. The summed E-state index contributed by atoms with van der Waals surface area (Å²) in [6.45, 7) is 1.87. The minimum atomic E-state index is -0.818. The molecule has 1 aliphatic heterocycles. The molecule has 0 fully saturated rings. The average molecular weight is 387 g/mol. The number of aryl methyl sites for hydroxylation is 1. The third-order valence-electron chi connectivity index (χ3n) is 4.98. The molecule has 29 heavy (non-hydrogen) atoms. The Kier molecular flexibility index (Phi) is 3.77. The largest absolute Gasteiger partial charge is 0.450 e. The summed E-state index contributed by atoms with van der Waals surface area (Å²) in [7, 11) is 0. The number of fused-ring (bicyclic) bond motifs is 2. The van der Waals surface area contributed by atoms with Crippen LogP contribution in [0, 0.1) is 12.7 Å². The normalized spacial score (nSPS) is 15.7. The van der Waals surface area contributed by atoms with Gasteiger partial charge in [-0.25, -0.2) is 14.4 Å². The Morgan fingerprint density at radius 1 is 1.03 bits per heavy atom. The Morgan fingerprint density at radius 3 is 2.48 bits per heavy atom. The summed E-state index contributed by atoms with van der Waals surface area (Å²) in [5.41, 5.74) is 1.69. The first-order valence-electron chi connectivity index (χ1n) is 8.98. The minimum Gasteiger partial charge on any atom is -0.450 e. The van der Waals surface area contributed by atoms with E-state index in [1.54, 1.807) is 18.2 Å². The van der Waals surface area contributed by atoms with Crippen LogP contribution in [-0.4, -0.2) is 15.9 Å². The molecule has 0 saturated heterocycles. The van der Waals surface area contributed by atoms with Gasteiger partial charge in [-0.15, -0.1) is 0 Å². The molecular formula is C22H14FN3O3. The van der Waals surface area contributed by atoms with Crippen LogP contribution in [0.4, 0.5) is 10.3 Å². The number of hydrogen-bond donors (Lipinski definition) is 0.